The quantitative estimate of drug-likeness (QED) is 0.729. The SMILES string of the molecule is C=C(C)/C=C\C(N)=C/C.CC.Cc1ccccc1. The third-order valence-electron chi connectivity index (χ3n) is 1.83. The highest BCUT2D eigenvalue weighted by atomic mass is 14.5. The van der Waals surface area contributed by atoms with Crippen LogP contribution in [0.5, 0.6) is 0 Å². The Labute approximate surface area is 113 Å². The first kappa shape index (κ1) is 18.6. The average Bonchev–Trinajstić information content (AvgIpc) is 2.40. The van der Waals surface area contributed by atoms with Crippen LogP contribution in [0.25, 0.3) is 0 Å². The maximum Gasteiger partial charge on any atom is 0.0270 e. The van der Waals surface area contributed by atoms with Crippen LogP contribution in [0.2, 0.25) is 0 Å². The fourth-order valence-corrected chi connectivity index (χ4v) is 0.869. The van der Waals surface area contributed by atoms with Crippen molar-refractivity contribution in [1.82, 2.24) is 0 Å². The van der Waals surface area contributed by atoms with Crippen molar-refractivity contribution < 1.29 is 0 Å². The molecule has 0 amide bonds. The van der Waals surface area contributed by atoms with Gasteiger partial charge in [0, 0.05) is 5.70 Å². The molecule has 0 radical (unpaired) electrons. The Balaban J connectivity index is 0. The van der Waals surface area contributed by atoms with Crippen LogP contribution in [0.1, 0.15) is 33.3 Å². The van der Waals surface area contributed by atoms with Crippen LogP contribution < -0.4 is 5.73 Å². The minimum atomic E-state index is 0.776. The number of aryl methyl sites for hydroxylation is 1. The molecule has 0 atom stereocenters. The van der Waals surface area contributed by atoms with Crippen molar-refractivity contribution in [3.05, 3.63) is 72.0 Å². The Morgan fingerprint density at radius 3 is 1.89 bits per heavy atom. The van der Waals surface area contributed by atoms with E-state index in [2.05, 4.69) is 25.6 Å². The number of allylic oxidation sites excluding steroid dienone is 4. The molecular formula is C17H27N. The van der Waals surface area contributed by atoms with E-state index in [0.29, 0.717) is 0 Å². The second-order valence-electron chi connectivity index (χ2n) is 3.62. The van der Waals surface area contributed by atoms with Gasteiger partial charge in [-0.05, 0) is 26.8 Å². The van der Waals surface area contributed by atoms with Gasteiger partial charge < -0.3 is 5.73 Å². The Kier molecular flexibility index (Phi) is 13.7. The van der Waals surface area contributed by atoms with Crippen molar-refractivity contribution in [1.29, 1.82) is 0 Å². The summed E-state index contributed by atoms with van der Waals surface area (Å²) < 4.78 is 0. The Morgan fingerprint density at radius 2 is 1.61 bits per heavy atom. The number of hydrogen-bond donors (Lipinski definition) is 1. The third kappa shape index (κ3) is 14.2. The molecule has 1 nitrogen and oxygen atoms in total. The van der Waals surface area contributed by atoms with E-state index >= 15 is 0 Å². The minimum absolute atomic E-state index is 0.776. The maximum atomic E-state index is 5.45. The zero-order valence-corrected chi connectivity index (χ0v) is 12.4. The Bertz CT molecular complexity index is 358. The van der Waals surface area contributed by atoms with E-state index in [1.807, 2.05) is 64.1 Å². The summed E-state index contributed by atoms with van der Waals surface area (Å²) in [5.74, 6) is 0. The van der Waals surface area contributed by atoms with Gasteiger partial charge in [0.05, 0.1) is 0 Å². The van der Waals surface area contributed by atoms with Crippen LogP contribution in [0, 0.1) is 6.92 Å². The van der Waals surface area contributed by atoms with Gasteiger partial charge in [-0.3, -0.25) is 0 Å². The first-order valence-corrected chi connectivity index (χ1v) is 6.33. The number of benzene rings is 1. The predicted molar refractivity (Wildman–Crippen MR) is 84.4 cm³/mol. The molecule has 0 saturated heterocycles. The van der Waals surface area contributed by atoms with Crippen molar-refractivity contribution in [2.75, 3.05) is 0 Å². The molecule has 1 heteroatoms. The second-order valence-corrected chi connectivity index (χ2v) is 3.62. The van der Waals surface area contributed by atoms with Crippen LogP contribution in [0.15, 0.2) is 66.4 Å². The monoisotopic (exact) mass is 245 g/mol. The Morgan fingerprint density at radius 1 is 1.11 bits per heavy atom. The Hall–Kier alpha value is -1.76. The van der Waals surface area contributed by atoms with Crippen molar-refractivity contribution in [3.8, 4) is 0 Å². The second kappa shape index (κ2) is 13.3. The van der Waals surface area contributed by atoms with Crippen molar-refractivity contribution >= 4 is 0 Å². The molecule has 0 saturated carbocycles. The molecule has 0 spiro atoms. The van der Waals surface area contributed by atoms with E-state index in [4.69, 9.17) is 5.73 Å². The maximum absolute atomic E-state index is 5.45. The molecule has 0 heterocycles. The van der Waals surface area contributed by atoms with E-state index < -0.39 is 0 Å². The summed E-state index contributed by atoms with van der Waals surface area (Å²) in [4.78, 5) is 0. The van der Waals surface area contributed by atoms with Gasteiger partial charge in [0.2, 0.25) is 0 Å². The van der Waals surface area contributed by atoms with Gasteiger partial charge >= 0.3 is 0 Å². The fourth-order valence-electron chi connectivity index (χ4n) is 0.869. The standard InChI is InChI=1S/C8H13N.C7H8.C2H6/c1-4-8(9)6-5-7(2)3;1-7-5-3-2-4-6-7;1-2/h4-6H,2,9H2,1,3H3;2-6H,1H3;1-2H3/b6-5-,8-4+;;. The molecule has 100 valence electrons. The molecule has 1 aromatic rings. The number of hydrogen-bond acceptors (Lipinski definition) is 1. The summed E-state index contributed by atoms with van der Waals surface area (Å²) in [5, 5.41) is 0. The molecule has 0 aromatic heterocycles. The molecule has 1 aromatic carbocycles. The molecule has 0 fully saturated rings. The first-order chi connectivity index (χ1) is 8.56. The van der Waals surface area contributed by atoms with E-state index in [1.54, 1.807) is 0 Å². The van der Waals surface area contributed by atoms with Gasteiger partial charge in [-0.15, -0.1) is 0 Å². The summed E-state index contributed by atoms with van der Waals surface area (Å²) in [6, 6.07) is 10.3. The van der Waals surface area contributed by atoms with Crippen molar-refractivity contribution in [2.24, 2.45) is 5.73 Å². The lowest BCUT2D eigenvalue weighted by Crippen LogP contribution is -1.90. The van der Waals surface area contributed by atoms with E-state index in [1.165, 1.54) is 5.56 Å². The topological polar surface area (TPSA) is 26.0 Å². The first-order valence-electron chi connectivity index (χ1n) is 6.33. The van der Waals surface area contributed by atoms with Gasteiger partial charge in [0.25, 0.3) is 0 Å². The molecular weight excluding hydrogens is 218 g/mol. The highest BCUT2D eigenvalue weighted by Gasteiger charge is 1.76. The van der Waals surface area contributed by atoms with Crippen LogP contribution in [-0.2, 0) is 0 Å². The minimum Gasteiger partial charge on any atom is -0.399 e. The van der Waals surface area contributed by atoms with E-state index in [0.717, 1.165) is 11.3 Å². The molecule has 0 aliphatic rings. The van der Waals surface area contributed by atoms with Crippen LogP contribution >= 0.6 is 0 Å². The molecule has 1 rings (SSSR count). The summed E-state index contributed by atoms with van der Waals surface area (Å²) >= 11 is 0. The molecule has 0 aliphatic heterocycles. The number of nitrogens with two attached hydrogens (primary N) is 1. The van der Waals surface area contributed by atoms with Crippen molar-refractivity contribution in [2.45, 2.75) is 34.6 Å². The molecule has 0 aliphatic carbocycles. The van der Waals surface area contributed by atoms with E-state index in [9.17, 15) is 0 Å². The summed E-state index contributed by atoms with van der Waals surface area (Å²) in [7, 11) is 0. The fraction of sp³-hybridized carbons (Fsp3) is 0.294. The highest BCUT2D eigenvalue weighted by molar-refractivity contribution is 5.22. The largest absolute Gasteiger partial charge is 0.399 e. The van der Waals surface area contributed by atoms with Gasteiger partial charge in [0.15, 0.2) is 0 Å². The van der Waals surface area contributed by atoms with Gasteiger partial charge in [-0.1, -0.05) is 74.0 Å². The average molecular weight is 245 g/mol. The van der Waals surface area contributed by atoms with Crippen LogP contribution in [-0.4, -0.2) is 0 Å². The summed E-state index contributed by atoms with van der Waals surface area (Å²) in [6.07, 6.45) is 5.57. The van der Waals surface area contributed by atoms with E-state index in [-0.39, 0.29) is 0 Å². The molecule has 2 N–H and O–H groups in total. The van der Waals surface area contributed by atoms with Gasteiger partial charge in [0.1, 0.15) is 0 Å². The summed E-state index contributed by atoms with van der Waals surface area (Å²) in [6.45, 7) is 13.6. The molecule has 0 unspecified atom stereocenters. The smallest absolute Gasteiger partial charge is 0.0270 e. The lowest BCUT2D eigenvalue weighted by Gasteiger charge is -1.87. The molecule has 0 bridgehead atoms. The highest BCUT2D eigenvalue weighted by Crippen LogP contribution is 1.92. The lowest BCUT2D eigenvalue weighted by molar-refractivity contribution is 1.38. The zero-order valence-electron chi connectivity index (χ0n) is 12.4. The van der Waals surface area contributed by atoms with Crippen LogP contribution in [0.4, 0.5) is 0 Å². The molecule has 18 heavy (non-hydrogen) atoms. The van der Waals surface area contributed by atoms with Gasteiger partial charge in [-0.2, -0.15) is 0 Å². The van der Waals surface area contributed by atoms with Crippen LogP contribution in [0.3, 0.4) is 0 Å². The summed E-state index contributed by atoms with van der Waals surface area (Å²) in [5.41, 5.74) is 8.57. The number of rotatable bonds is 2. The normalized spacial score (nSPS) is 9.94. The van der Waals surface area contributed by atoms with Gasteiger partial charge in [-0.25, -0.2) is 0 Å². The lowest BCUT2D eigenvalue weighted by atomic mass is 10.2. The third-order valence-corrected chi connectivity index (χ3v) is 1.83. The predicted octanol–water partition coefficient (Wildman–Crippen LogP) is 5.00. The van der Waals surface area contributed by atoms with Crippen molar-refractivity contribution in [3.63, 3.8) is 0 Å². The zero-order chi connectivity index (χ0) is 14.4.